The second-order valence-corrected chi connectivity index (χ2v) is 13.6. The summed E-state index contributed by atoms with van der Waals surface area (Å²) in [7, 11) is 0. The van der Waals surface area contributed by atoms with Gasteiger partial charge in [-0.25, -0.2) is 13.2 Å². The second-order valence-electron chi connectivity index (χ2n) is 13.6. The van der Waals surface area contributed by atoms with Gasteiger partial charge in [0.2, 0.25) is 0 Å². The van der Waals surface area contributed by atoms with Gasteiger partial charge in [-0.2, -0.15) is 0 Å². The summed E-state index contributed by atoms with van der Waals surface area (Å²) in [6.07, 6.45) is 0.732. The fourth-order valence-corrected chi connectivity index (χ4v) is 5.06. The van der Waals surface area contributed by atoms with Crippen molar-refractivity contribution in [2.24, 2.45) is 0 Å². The van der Waals surface area contributed by atoms with E-state index >= 15 is 8.78 Å². The van der Waals surface area contributed by atoms with Crippen molar-refractivity contribution in [2.75, 3.05) is 6.61 Å². The van der Waals surface area contributed by atoms with E-state index in [1.54, 1.807) is 37.3 Å². The molecule has 3 aromatic rings. The number of hydrogen-bond donors (Lipinski definition) is 0. The van der Waals surface area contributed by atoms with Crippen molar-refractivity contribution in [3.63, 3.8) is 0 Å². The van der Waals surface area contributed by atoms with Crippen molar-refractivity contribution in [3.8, 4) is 11.5 Å². The summed E-state index contributed by atoms with van der Waals surface area (Å²) in [5.41, 5.74) is 2.34. The lowest BCUT2D eigenvalue weighted by atomic mass is 9.79. The third kappa shape index (κ3) is 7.62. The third-order valence-electron chi connectivity index (χ3n) is 7.44. The van der Waals surface area contributed by atoms with Crippen LogP contribution < -0.4 is 9.47 Å². The van der Waals surface area contributed by atoms with Crippen LogP contribution >= 0.6 is 0 Å². The van der Waals surface area contributed by atoms with Gasteiger partial charge in [-0.05, 0) is 82.5 Å². The Bertz CT molecular complexity index is 1330. The fourth-order valence-electron chi connectivity index (χ4n) is 5.06. The van der Waals surface area contributed by atoms with Gasteiger partial charge in [0.05, 0.1) is 12.7 Å². The third-order valence-corrected chi connectivity index (χ3v) is 7.44. The Morgan fingerprint density at radius 2 is 1.40 bits per heavy atom. The van der Waals surface area contributed by atoms with Gasteiger partial charge in [-0.1, -0.05) is 79.7 Å². The molecule has 0 saturated carbocycles. The first-order chi connectivity index (χ1) is 18.4. The minimum atomic E-state index is -0.408. The van der Waals surface area contributed by atoms with E-state index in [2.05, 4.69) is 13.8 Å². The molecule has 5 heteroatoms. The lowest BCUT2D eigenvalue weighted by Gasteiger charge is -2.30. The highest BCUT2D eigenvalue weighted by molar-refractivity contribution is 5.42. The van der Waals surface area contributed by atoms with Crippen LogP contribution in [0.15, 0.2) is 48.5 Å². The molecule has 0 bridgehead atoms. The van der Waals surface area contributed by atoms with E-state index in [1.807, 2.05) is 60.6 Å². The topological polar surface area (TPSA) is 18.5 Å². The average molecular weight is 555 g/mol. The Morgan fingerprint density at radius 3 is 2.00 bits per heavy atom. The van der Waals surface area contributed by atoms with E-state index in [9.17, 15) is 4.39 Å². The van der Waals surface area contributed by atoms with Crippen LogP contribution in [0.5, 0.6) is 11.5 Å². The number of rotatable bonds is 9. The first-order valence-corrected chi connectivity index (χ1v) is 14.1. The van der Waals surface area contributed by atoms with E-state index in [0.29, 0.717) is 35.3 Å². The molecule has 0 saturated heterocycles. The number of benzene rings is 3. The first-order valence-electron chi connectivity index (χ1n) is 14.1. The van der Waals surface area contributed by atoms with Crippen LogP contribution in [-0.2, 0) is 22.7 Å². The summed E-state index contributed by atoms with van der Waals surface area (Å²) in [5, 5.41) is 0. The molecule has 0 heterocycles. The van der Waals surface area contributed by atoms with Crippen LogP contribution in [0.3, 0.4) is 0 Å². The molecule has 0 aliphatic heterocycles. The molecule has 3 aromatic carbocycles. The molecule has 0 N–H and O–H groups in total. The Balaban J connectivity index is 1.84. The maximum absolute atomic E-state index is 15.3. The maximum Gasteiger partial charge on any atom is 0.168 e. The van der Waals surface area contributed by atoms with Crippen molar-refractivity contribution >= 4 is 0 Å². The Kier molecular flexibility index (Phi) is 9.38. The summed E-state index contributed by atoms with van der Waals surface area (Å²) in [4.78, 5) is 0. The van der Waals surface area contributed by atoms with E-state index in [4.69, 9.17) is 9.47 Å². The van der Waals surface area contributed by atoms with Crippen LogP contribution in [0.4, 0.5) is 13.2 Å². The van der Waals surface area contributed by atoms with Crippen molar-refractivity contribution in [3.05, 3.63) is 93.8 Å². The first kappa shape index (κ1) is 31.6. The zero-order valence-electron chi connectivity index (χ0n) is 25.8. The molecule has 3 rings (SSSR count). The lowest BCUT2D eigenvalue weighted by molar-refractivity contribution is 0.177. The summed E-state index contributed by atoms with van der Waals surface area (Å²) >= 11 is 0. The SMILES string of the molecule is Cc1ccc(C(C)(C)CC(C)Oc2cc(F)c(C(C)(C)C)cc2CCOc2cccc(C(C)(C)C)c2F)cc1F. The van der Waals surface area contributed by atoms with Gasteiger partial charge in [0.15, 0.2) is 11.6 Å². The van der Waals surface area contributed by atoms with Gasteiger partial charge in [0.25, 0.3) is 0 Å². The number of hydrogen-bond acceptors (Lipinski definition) is 2. The smallest absolute Gasteiger partial charge is 0.168 e. The highest BCUT2D eigenvalue weighted by Crippen LogP contribution is 2.35. The Morgan fingerprint density at radius 1 is 0.750 bits per heavy atom. The zero-order chi connectivity index (χ0) is 30.0. The van der Waals surface area contributed by atoms with Crippen LogP contribution in [0, 0.1) is 24.4 Å². The number of aryl methyl sites for hydroxylation is 1. The van der Waals surface area contributed by atoms with Crippen molar-refractivity contribution < 1.29 is 22.6 Å². The molecule has 1 atom stereocenters. The Labute approximate surface area is 238 Å². The largest absolute Gasteiger partial charge is 0.490 e. The molecule has 0 aliphatic carbocycles. The minimum absolute atomic E-state index is 0.202. The van der Waals surface area contributed by atoms with Crippen LogP contribution in [0.25, 0.3) is 0 Å². The van der Waals surface area contributed by atoms with Gasteiger partial charge in [0.1, 0.15) is 17.4 Å². The second kappa shape index (κ2) is 11.9. The van der Waals surface area contributed by atoms with Gasteiger partial charge >= 0.3 is 0 Å². The van der Waals surface area contributed by atoms with E-state index in [0.717, 1.165) is 11.1 Å². The zero-order valence-corrected chi connectivity index (χ0v) is 25.8. The molecule has 0 aliphatic rings. The maximum atomic E-state index is 15.3. The van der Waals surface area contributed by atoms with Gasteiger partial charge in [0, 0.05) is 12.5 Å². The molecule has 0 radical (unpaired) electrons. The fraction of sp³-hybridized carbons (Fsp3) is 0.486. The van der Waals surface area contributed by atoms with Gasteiger partial charge in [-0.15, -0.1) is 0 Å². The van der Waals surface area contributed by atoms with Gasteiger partial charge in [-0.3, -0.25) is 0 Å². The quantitative estimate of drug-likeness (QED) is 0.262. The van der Waals surface area contributed by atoms with Crippen LogP contribution in [-0.4, -0.2) is 12.7 Å². The van der Waals surface area contributed by atoms with Crippen LogP contribution in [0.2, 0.25) is 0 Å². The highest BCUT2D eigenvalue weighted by Gasteiger charge is 2.27. The molecule has 0 fully saturated rings. The Hall–Kier alpha value is -2.95. The number of ether oxygens (including phenoxy) is 2. The van der Waals surface area contributed by atoms with E-state index in [-0.39, 0.29) is 46.7 Å². The monoisotopic (exact) mass is 554 g/mol. The van der Waals surface area contributed by atoms with E-state index in [1.165, 1.54) is 6.07 Å². The molecule has 0 spiro atoms. The predicted octanol–water partition coefficient (Wildman–Crippen LogP) is 9.76. The highest BCUT2D eigenvalue weighted by atomic mass is 19.1. The van der Waals surface area contributed by atoms with Crippen molar-refractivity contribution in [1.29, 1.82) is 0 Å². The molecular formula is C35H45F3O2. The average Bonchev–Trinajstić information content (AvgIpc) is 2.81. The molecule has 0 aromatic heterocycles. The summed E-state index contributed by atoms with van der Waals surface area (Å²) in [5.74, 6) is -0.275. The summed E-state index contributed by atoms with van der Waals surface area (Å²) in [6, 6.07) is 13.8. The van der Waals surface area contributed by atoms with Gasteiger partial charge < -0.3 is 9.47 Å². The summed E-state index contributed by atoms with van der Waals surface area (Å²) in [6.45, 7) is 19.8. The van der Waals surface area contributed by atoms with Crippen molar-refractivity contribution in [1.82, 2.24) is 0 Å². The van der Waals surface area contributed by atoms with Crippen LogP contribution in [0.1, 0.15) is 96.6 Å². The number of halogens is 3. The van der Waals surface area contributed by atoms with Crippen molar-refractivity contribution in [2.45, 2.75) is 104 Å². The molecular weight excluding hydrogens is 509 g/mol. The minimum Gasteiger partial charge on any atom is -0.490 e. The van der Waals surface area contributed by atoms with E-state index < -0.39 is 5.41 Å². The standard InChI is InChI=1S/C35H45F3O2/c1-22-14-15-25(19-28(22)36)35(9,10)21-23(2)40-31-20-29(37)27(34(6,7)8)18-24(31)16-17-39-30-13-11-12-26(32(30)38)33(3,4)5/h11-15,18-20,23H,16-17,21H2,1-10H3. The predicted molar refractivity (Wildman–Crippen MR) is 158 cm³/mol. The molecule has 0 amide bonds. The lowest BCUT2D eigenvalue weighted by Crippen LogP contribution is -2.27. The summed E-state index contributed by atoms with van der Waals surface area (Å²) < 4.78 is 56.9. The normalized spacial score (nSPS) is 13.3. The molecule has 40 heavy (non-hydrogen) atoms. The molecule has 1 unspecified atom stereocenters. The molecule has 218 valence electrons. The molecule has 2 nitrogen and oxygen atoms in total.